The molecule has 5 rings (SSSR count). The van der Waals surface area contributed by atoms with Crippen LogP contribution in [0.15, 0.2) is 30.5 Å². The molecular formula is C23H27FN6O2. The van der Waals surface area contributed by atoms with Gasteiger partial charge in [0.2, 0.25) is 5.91 Å². The van der Waals surface area contributed by atoms with E-state index >= 15 is 0 Å². The Bertz CT molecular complexity index is 1170. The van der Waals surface area contributed by atoms with Crippen LogP contribution in [0.25, 0.3) is 10.9 Å². The average molecular weight is 439 g/mol. The lowest BCUT2D eigenvalue weighted by Gasteiger charge is -2.25. The van der Waals surface area contributed by atoms with Crippen molar-refractivity contribution < 1.29 is 14.0 Å². The van der Waals surface area contributed by atoms with Crippen molar-refractivity contribution >= 4 is 22.7 Å². The fourth-order valence-electron chi connectivity index (χ4n) is 5.25. The molecule has 2 N–H and O–H groups in total. The van der Waals surface area contributed by atoms with Crippen LogP contribution in [0.2, 0.25) is 0 Å². The van der Waals surface area contributed by atoms with E-state index in [0.717, 1.165) is 12.8 Å². The molecule has 1 fully saturated rings. The number of aryl methyl sites for hydroxylation is 2. The first kappa shape index (κ1) is 20.7. The Morgan fingerprint density at radius 3 is 2.81 bits per heavy atom. The van der Waals surface area contributed by atoms with Crippen LogP contribution in [0.4, 0.5) is 4.39 Å². The van der Waals surface area contributed by atoms with Gasteiger partial charge in [-0.2, -0.15) is 0 Å². The smallest absolute Gasteiger partial charge is 0.270 e. The molecule has 2 amide bonds. The van der Waals surface area contributed by atoms with Gasteiger partial charge in [-0.15, -0.1) is 5.10 Å². The standard InChI is InChI=1S/C23H27FN6O2/c24-15-11-16(13-28-14-19(23(25)32)26-27-28)30(12-15)22(31)9-10-29-20-7-3-1-5-17(20)18-6-2-4-8-21(18)29/h1,3,5,7,14-16H,2,4,6,8-13H2,(H2,25,32). The van der Waals surface area contributed by atoms with Crippen LogP contribution in [0, 0.1) is 0 Å². The zero-order valence-electron chi connectivity index (χ0n) is 17.9. The van der Waals surface area contributed by atoms with Crippen molar-refractivity contribution in [2.45, 2.75) is 63.8 Å². The lowest BCUT2D eigenvalue weighted by molar-refractivity contribution is -0.132. The first-order chi connectivity index (χ1) is 15.5. The van der Waals surface area contributed by atoms with E-state index in [0.29, 0.717) is 13.0 Å². The molecule has 0 saturated carbocycles. The Balaban J connectivity index is 1.31. The zero-order chi connectivity index (χ0) is 22.2. The predicted molar refractivity (Wildman–Crippen MR) is 117 cm³/mol. The van der Waals surface area contributed by atoms with E-state index in [1.165, 1.54) is 45.9 Å². The number of hydrogen-bond donors (Lipinski definition) is 1. The van der Waals surface area contributed by atoms with E-state index in [2.05, 4.69) is 33.1 Å². The molecule has 2 atom stereocenters. The lowest BCUT2D eigenvalue weighted by Crippen LogP contribution is -2.38. The maximum Gasteiger partial charge on any atom is 0.270 e. The van der Waals surface area contributed by atoms with Gasteiger partial charge in [0.05, 0.1) is 25.3 Å². The minimum Gasteiger partial charge on any atom is -0.364 e. The lowest BCUT2D eigenvalue weighted by atomic mass is 9.95. The van der Waals surface area contributed by atoms with Crippen LogP contribution < -0.4 is 5.73 Å². The van der Waals surface area contributed by atoms with Crippen molar-refractivity contribution in [2.24, 2.45) is 5.73 Å². The normalized spacial score (nSPS) is 20.6. The molecule has 1 aliphatic heterocycles. The highest BCUT2D eigenvalue weighted by molar-refractivity contribution is 5.90. The number of rotatable bonds is 6. The number of benzene rings is 1. The summed E-state index contributed by atoms with van der Waals surface area (Å²) in [6, 6.07) is 8.07. The third-order valence-electron chi connectivity index (χ3n) is 6.71. The molecule has 1 aliphatic carbocycles. The molecule has 0 radical (unpaired) electrons. The van der Waals surface area contributed by atoms with Crippen LogP contribution >= 0.6 is 0 Å². The van der Waals surface area contributed by atoms with Gasteiger partial charge in [0.25, 0.3) is 5.91 Å². The summed E-state index contributed by atoms with van der Waals surface area (Å²) >= 11 is 0. The highest BCUT2D eigenvalue weighted by atomic mass is 19.1. The molecule has 32 heavy (non-hydrogen) atoms. The van der Waals surface area contributed by atoms with Gasteiger partial charge in [-0.25, -0.2) is 9.07 Å². The highest BCUT2D eigenvalue weighted by Gasteiger charge is 2.35. The highest BCUT2D eigenvalue weighted by Crippen LogP contribution is 2.32. The van der Waals surface area contributed by atoms with Crippen molar-refractivity contribution in [1.82, 2.24) is 24.5 Å². The number of halogens is 1. The number of primary amides is 1. The molecule has 3 aromatic rings. The number of alkyl halides is 1. The third-order valence-corrected chi connectivity index (χ3v) is 6.71. The van der Waals surface area contributed by atoms with Crippen LogP contribution in [0.1, 0.15) is 47.4 Å². The molecule has 2 aromatic heterocycles. The number of para-hydroxylation sites is 1. The molecule has 8 nitrogen and oxygen atoms in total. The Labute approximate surface area is 185 Å². The minimum atomic E-state index is -1.07. The van der Waals surface area contributed by atoms with Gasteiger partial charge >= 0.3 is 0 Å². The largest absolute Gasteiger partial charge is 0.364 e. The van der Waals surface area contributed by atoms with Gasteiger partial charge in [-0.1, -0.05) is 23.4 Å². The van der Waals surface area contributed by atoms with Crippen LogP contribution in [0.5, 0.6) is 0 Å². The maximum atomic E-state index is 14.2. The summed E-state index contributed by atoms with van der Waals surface area (Å²) in [7, 11) is 0. The Morgan fingerprint density at radius 1 is 1.19 bits per heavy atom. The van der Waals surface area contributed by atoms with E-state index in [9.17, 15) is 14.0 Å². The summed E-state index contributed by atoms with van der Waals surface area (Å²) < 4.78 is 18.0. The summed E-state index contributed by atoms with van der Waals surface area (Å²) in [6.07, 6.45) is 5.42. The topological polar surface area (TPSA) is 99.0 Å². The minimum absolute atomic E-state index is 0.0573. The molecule has 0 spiro atoms. The second-order valence-corrected chi connectivity index (χ2v) is 8.77. The molecule has 1 aromatic carbocycles. The van der Waals surface area contributed by atoms with Gasteiger partial charge in [0, 0.05) is 36.0 Å². The number of amides is 2. The molecule has 168 valence electrons. The first-order valence-corrected chi connectivity index (χ1v) is 11.2. The second-order valence-electron chi connectivity index (χ2n) is 8.77. The van der Waals surface area contributed by atoms with Crippen LogP contribution in [-0.4, -0.2) is 55.0 Å². The SMILES string of the molecule is NC(=O)c1cn(CC2CC(F)CN2C(=O)CCn2c3c(c4ccccc42)CCCC3)nn1. The second kappa shape index (κ2) is 8.37. The van der Waals surface area contributed by atoms with Crippen molar-refractivity contribution in [3.63, 3.8) is 0 Å². The van der Waals surface area contributed by atoms with Gasteiger partial charge in [-0.05, 0) is 37.3 Å². The van der Waals surface area contributed by atoms with Crippen molar-refractivity contribution in [2.75, 3.05) is 6.54 Å². The summed E-state index contributed by atoms with van der Waals surface area (Å²) in [4.78, 5) is 26.0. The number of carbonyl (C=O) groups excluding carboxylic acids is 2. The summed E-state index contributed by atoms with van der Waals surface area (Å²) in [5, 5.41) is 8.90. The van der Waals surface area contributed by atoms with E-state index < -0.39 is 12.1 Å². The zero-order valence-corrected chi connectivity index (χ0v) is 17.9. The molecule has 0 bridgehead atoms. The number of nitrogens with zero attached hydrogens (tertiary/aromatic N) is 5. The predicted octanol–water partition coefficient (Wildman–Crippen LogP) is 2.24. The van der Waals surface area contributed by atoms with E-state index in [1.54, 1.807) is 4.90 Å². The average Bonchev–Trinajstić information content (AvgIpc) is 3.48. The van der Waals surface area contributed by atoms with Crippen LogP contribution in [-0.2, 0) is 30.7 Å². The quantitative estimate of drug-likeness (QED) is 0.638. The molecule has 9 heteroatoms. The summed E-state index contributed by atoms with van der Waals surface area (Å²) in [6.45, 7) is 0.962. The summed E-state index contributed by atoms with van der Waals surface area (Å²) in [5.41, 5.74) is 9.21. The Hall–Kier alpha value is -3.23. The van der Waals surface area contributed by atoms with Gasteiger partial charge in [-0.3, -0.25) is 9.59 Å². The number of nitrogens with two attached hydrogens (primary N) is 1. The van der Waals surface area contributed by atoms with Crippen LogP contribution in [0.3, 0.4) is 0 Å². The monoisotopic (exact) mass is 438 g/mol. The molecule has 2 aliphatic rings. The number of aromatic nitrogens is 4. The third kappa shape index (κ3) is 3.76. The Kier molecular flexibility index (Phi) is 5.40. The fraction of sp³-hybridized carbons (Fsp3) is 0.478. The van der Waals surface area contributed by atoms with Crippen molar-refractivity contribution in [3.8, 4) is 0 Å². The number of likely N-dealkylation sites (tertiary alicyclic amines) is 1. The van der Waals surface area contributed by atoms with E-state index in [-0.39, 0.29) is 37.2 Å². The number of fused-ring (bicyclic) bond motifs is 3. The Morgan fingerprint density at radius 2 is 2.00 bits per heavy atom. The number of hydrogen-bond acceptors (Lipinski definition) is 4. The first-order valence-electron chi connectivity index (χ1n) is 11.2. The van der Waals surface area contributed by atoms with E-state index in [1.807, 2.05) is 6.07 Å². The molecular weight excluding hydrogens is 411 g/mol. The fourth-order valence-corrected chi connectivity index (χ4v) is 5.25. The molecule has 3 heterocycles. The van der Waals surface area contributed by atoms with E-state index in [4.69, 9.17) is 5.73 Å². The molecule has 1 saturated heterocycles. The van der Waals surface area contributed by atoms with Gasteiger partial charge < -0.3 is 15.2 Å². The number of carbonyl (C=O) groups is 2. The van der Waals surface area contributed by atoms with Crippen molar-refractivity contribution in [3.05, 3.63) is 47.4 Å². The maximum absolute atomic E-state index is 14.2. The summed E-state index contributed by atoms with van der Waals surface area (Å²) in [5.74, 6) is -0.728. The van der Waals surface area contributed by atoms with Gasteiger partial charge in [0.15, 0.2) is 5.69 Å². The van der Waals surface area contributed by atoms with Gasteiger partial charge in [0.1, 0.15) is 6.17 Å². The molecule has 2 unspecified atom stereocenters. The van der Waals surface area contributed by atoms with Crippen molar-refractivity contribution in [1.29, 1.82) is 0 Å².